The summed E-state index contributed by atoms with van der Waals surface area (Å²) in [5.41, 5.74) is -0.370. The van der Waals surface area contributed by atoms with E-state index >= 15 is 0 Å². The summed E-state index contributed by atoms with van der Waals surface area (Å²) in [5, 5.41) is 3.92. The molecule has 0 aromatic carbocycles. The van der Waals surface area contributed by atoms with E-state index < -0.39 is 0 Å². The maximum atomic E-state index is 11.6. The van der Waals surface area contributed by atoms with Gasteiger partial charge in [0.1, 0.15) is 6.61 Å². The lowest BCUT2D eigenvalue weighted by atomic mass is 10.5. The second-order valence-electron chi connectivity index (χ2n) is 3.41. The van der Waals surface area contributed by atoms with Gasteiger partial charge in [-0.05, 0) is 12.8 Å². The van der Waals surface area contributed by atoms with Crippen LogP contribution in [0.3, 0.4) is 0 Å². The Bertz CT molecular complexity index is 403. The van der Waals surface area contributed by atoms with Gasteiger partial charge in [0.25, 0.3) is 5.88 Å². The summed E-state index contributed by atoms with van der Waals surface area (Å²) in [7, 11) is 1.47. The summed E-state index contributed by atoms with van der Waals surface area (Å²) in [6, 6.07) is 1.32. The summed E-state index contributed by atoms with van der Waals surface area (Å²) in [6.07, 6.45) is 1.64. The number of methoxy groups -OCH3 is 1. The van der Waals surface area contributed by atoms with Gasteiger partial charge in [-0.3, -0.25) is 4.79 Å². The van der Waals surface area contributed by atoms with E-state index in [0.29, 0.717) is 19.0 Å². The fraction of sp³-hybridized carbons (Fsp3) is 0.636. The Balaban J connectivity index is 2.93. The first kappa shape index (κ1) is 13.3. The minimum atomic E-state index is -0.370. The highest BCUT2D eigenvalue weighted by molar-refractivity contribution is 5.30. The maximum absolute atomic E-state index is 11.6. The Labute approximate surface area is 100 Å². The van der Waals surface area contributed by atoms with Gasteiger partial charge in [-0.15, -0.1) is 0 Å². The lowest BCUT2D eigenvalue weighted by Crippen LogP contribution is -2.29. The van der Waals surface area contributed by atoms with E-state index in [9.17, 15) is 4.79 Å². The predicted molar refractivity (Wildman–Crippen MR) is 62.6 cm³/mol. The standard InChI is InChI=1S/C11H18N2O4/c1-4-6-16-9-8-10(14)13(17-7-5-2)12-11(9)15-3/h8H,4-7H2,1-3H3. The van der Waals surface area contributed by atoms with Gasteiger partial charge in [0.2, 0.25) is 0 Å². The number of ether oxygens (including phenoxy) is 2. The number of aromatic nitrogens is 2. The topological polar surface area (TPSA) is 62.6 Å². The Kier molecular flexibility index (Phi) is 5.32. The molecule has 1 heterocycles. The van der Waals surface area contributed by atoms with Gasteiger partial charge in [-0.1, -0.05) is 23.8 Å². The van der Waals surface area contributed by atoms with Gasteiger partial charge in [0, 0.05) is 0 Å². The monoisotopic (exact) mass is 242 g/mol. The van der Waals surface area contributed by atoms with Gasteiger partial charge >= 0.3 is 5.56 Å². The van der Waals surface area contributed by atoms with E-state index in [2.05, 4.69) is 5.10 Å². The van der Waals surface area contributed by atoms with Gasteiger partial charge < -0.3 is 14.3 Å². The van der Waals surface area contributed by atoms with E-state index in [0.717, 1.165) is 17.7 Å². The fourth-order valence-electron chi connectivity index (χ4n) is 1.14. The van der Waals surface area contributed by atoms with Crippen molar-refractivity contribution >= 4 is 0 Å². The van der Waals surface area contributed by atoms with E-state index in [-0.39, 0.29) is 11.4 Å². The summed E-state index contributed by atoms with van der Waals surface area (Å²) >= 11 is 0. The molecule has 0 aliphatic rings. The molecular weight excluding hydrogens is 224 g/mol. The number of hydrogen-bond donors (Lipinski definition) is 0. The van der Waals surface area contributed by atoms with Crippen molar-refractivity contribution in [3.05, 3.63) is 16.4 Å². The first-order chi connectivity index (χ1) is 8.22. The van der Waals surface area contributed by atoms with Crippen LogP contribution in [0.4, 0.5) is 0 Å². The molecule has 1 aromatic heterocycles. The third-order valence-electron chi connectivity index (χ3n) is 1.91. The van der Waals surface area contributed by atoms with Crippen molar-refractivity contribution in [2.24, 2.45) is 0 Å². The largest absolute Gasteiger partial charge is 0.488 e. The molecule has 0 bridgehead atoms. The normalized spacial score (nSPS) is 10.1. The molecule has 0 saturated carbocycles. The van der Waals surface area contributed by atoms with Gasteiger partial charge in [0.15, 0.2) is 5.75 Å². The molecule has 0 aliphatic heterocycles. The highest BCUT2D eigenvalue weighted by Gasteiger charge is 2.11. The maximum Gasteiger partial charge on any atom is 0.307 e. The predicted octanol–water partition coefficient (Wildman–Crippen LogP) is 0.879. The number of rotatable bonds is 7. The number of nitrogens with zero attached hydrogens (tertiary/aromatic N) is 2. The van der Waals surface area contributed by atoms with E-state index in [1.54, 1.807) is 0 Å². The van der Waals surface area contributed by atoms with Crippen molar-refractivity contribution in [2.45, 2.75) is 26.7 Å². The van der Waals surface area contributed by atoms with Crippen LogP contribution >= 0.6 is 0 Å². The van der Waals surface area contributed by atoms with Crippen LogP contribution in [0, 0.1) is 0 Å². The average molecular weight is 242 g/mol. The molecule has 96 valence electrons. The van der Waals surface area contributed by atoms with Gasteiger partial charge in [-0.2, -0.15) is 0 Å². The SMILES string of the molecule is CCCOc1cc(=O)n(OCCC)nc1OC. The van der Waals surface area contributed by atoms with E-state index in [1.165, 1.54) is 13.2 Å². The van der Waals surface area contributed by atoms with Crippen molar-refractivity contribution in [3.8, 4) is 11.6 Å². The molecule has 0 aliphatic carbocycles. The fourth-order valence-corrected chi connectivity index (χ4v) is 1.14. The van der Waals surface area contributed by atoms with Crippen LogP contribution < -0.4 is 19.9 Å². The quantitative estimate of drug-likeness (QED) is 0.710. The molecule has 0 N–H and O–H groups in total. The molecule has 0 fully saturated rings. The molecule has 1 rings (SSSR count). The van der Waals surface area contributed by atoms with Crippen LogP contribution in [0.25, 0.3) is 0 Å². The van der Waals surface area contributed by atoms with Crippen LogP contribution in [-0.2, 0) is 0 Å². The van der Waals surface area contributed by atoms with Crippen LogP contribution in [0.2, 0.25) is 0 Å². The molecule has 0 amide bonds. The molecular formula is C11H18N2O4. The van der Waals surface area contributed by atoms with Crippen molar-refractivity contribution in [1.29, 1.82) is 0 Å². The summed E-state index contributed by atoms with van der Waals surface area (Å²) < 4.78 is 10.4. The van der Waals surface area contributed by atoms with Crippen molar-refractivity contribution in [1.82, 2.24) is 9.94 Å². The minimum absolute atomic E-state index is 0.245. The second-order valence-corrected chi connectivity index (χ2v) is 3.41. The summed E-state index contributed by atoms with van der Waals surface area (Å²) in [6.45, 7) is 4.86. The molecule has 0 spiro atoms. The van der Waals surface area contributed by atoms with Crippen molar-refractivity contribution in [2.75, 3.05) is 20.3 Å². The third-order valence-corrected chi connectivity index (χ3v) is 1.91. The Morgan fingerprint density at radius 2 is 2.00 bits per heavy atom. The molecule has 6 nitrogen and oxygen atoms in total. The van der Waals surface area contributed by atoms with Gasteiger partial charge in [0.05, 0.1) is 19.8 Å². The molecule has 0 saturated heterocycles. The zero-order valence-corrected chi connectivity index (χ0v) is 10.4. The molecule has 17 heavy (non-hydrogen) atoms. The van der Waals surface area contributed by atoms with Crippen molar-refractivity contribution in [3.63, 3.8) is 0 Å². The smallest absolute Gasteiger partial charge is 0.307 e. The second kappa shape index (κ2) is 6.78. The Morgan fingerprint density at radius 1 is 1.29 bits per heavy atom. The van der Waals surface area contributed by atoms with E-state index in [1.807, 2.05) is 13.8 Å². The Hall–Kier alpha value is -1.72. The van der Waals surface area contributed by atoms with Crippen LogP contribution in [-0.4, -0.2) is 30.3 Å². The first-order valence-corrected chi connectivity index (χ1v) is 5.67. The molecule has 0 unspecified atom stereocenters. The highest BCUT2D eigenvalue weighted by Crippen LogP contribution is 2.20. The van der Waals surface area contributed by atoms with Gasteiger partial charge in [-0.25, -0.2) is 0 Å². The summed E-state index contributed by atoms with van der Waals surface area (Å²) in [5.74, 6) is 0.588. The lowest BCUT2D eigenvalue weighted by molar-refractivity contribution is 0.0664. The third kappa shape index (κ3) is 3.65. The zero-order chi connectivity index (χ0) is 12.7. The zero-order valence-electron chi connectivity index (χ0n) is 10.4. The summed E-state index contributed by atoms with van der Waals surface area (Å²) in [4.78, 5) is 17.7. The van der Waals surface area contributed by atoms with Crippen LogP contribution in [0.5, 0.6) is 11.6 Å². The highest BCUT2D eigenvalue weighted by atomic mass is 16.7. The molecule has 0 atom stereocenters. The van der Waals surface area contributed by atoms with E-state index in [4.69, 9.17) is 14.3 Å². The lowest BCUT2D eigenvalue weighted by Gasteiger charge is -2.11. The molecule has 6 heteroatoms. The van der Waals surface area contributed by atoms with Crippen LogP contribution in [0.15, 0.2) is 10.9 Å². The molecule has 0 radical (unpaired) electrons. The first-order valence-electron chi connectivity index (χ1n) is 5.67. The minimum Gasteiger partial charge on any atom is -0.488 e. The Morgan fingerprint density at radius 3 is 2.59 bits per heavy atom. The average Bonchev–Trinajstić information content (AvgIpc) is 2.35. The number of hydrogen-bond acceptors (Lipinski definition) is 5. The molecule has 1 aromatic rings. The van der Waals surface area contributed by atoms with Crippen LogP contribution in [0.1, 0.15) is 26.7 Å². The van der Waals surface area contributed by atoms with Crippen molar-refractivity contribution < 1.29 is 14.3 Å².